The molecule has 4 aromatic rings. The first-order chi connectivity index (χ1) is 13.7. The molecule has 28 heavy (non-hydrogen) atoms. The van der Waals surface area contributed by atoms with E-state index in [1.807, 2.05) is 71.3 Å². The van der Waals surface area contributed by atoms with Gasteiger partial charge in [-0.2, -0.15) is 0 Å². The highest BCUT2D eigenvalue weighted by atomic mass is 19.1. The van der Waals surface area contributed by atoms with E-state index in [1.165, 1.54) is 6.07 Å². The van der Waals surface area contributed by atoms with Crippen molar-refractivity contribution < 1.29 is 9.13 Å². The van der Waals surface area contributed by atoms with E-state index in [0.29, 0.717) is 11.5 Å². The Morgan fingerprint density at radius 2 is 1.82 bits per heavy atom. The number of nitrogens with zero attached hydrogens (tertiary/aromatic N) is 2. The second kappa shape index (κ2) is 6.53. The Morgan fingerprint density at radius 1 is 1.00 bits per heavy atom. The first kappa shape index (κ1) is 16.6. The predicted octanol–water partition coefficient (Wildman–Crippen LogP) is 5.24. The van der Waals surface area contributed by atoms with Crippen LogP contribution in [0.25, 0.3) is 16.7 Å². The van der Waals surface area contributed by atoms with Gasteiger partial charge in [-0.1, -0.05) is 42.5 Å². The Labute approximate surface area is 161 Å². The minimum absolute atomic E-state index is 0.237. The van der Waals surface area contributed by atoms with E-state index >= 15 is 0 Å². The Balaban J connectivity index is 1.73. The van der Waals surface area contributed by atoms with E-state index in [9.17, 15) is 4.39 Å². The number of methoxy groups -OCH3 is 1. The zero-order chi connectivity index (χ0) is 19.1. The number of imidazole rings is 1. The van der Waals surface area contributed by atoms with Crippen molar-refractivity contribution in [1.82, 2.24) is 9.55 Å². The Kier molecular flexibility index (Phi) is 3.86. The maximum absolute atomic E-state index is 14.7. The monoisotopic (exact) mass is 371 g/mol. The van der Waals surface area contributed by atoms with E-state index in [-0.39, 0.29) is 11.9 Å². The summed E-state index contributed by atoms with van der Waals surface area (Å²) in [6.45, 7) is 0. The molecule has 0 amide bonds. The number of aromatic nitrogens is 2. The van der Waals surface area contributed by atoms with Gasteiger partial charge in [0.05, 0.1) is 24.2 Å². The lowest BCUT2D eigenvalue weighted by Crippen LogP contribution is -2.20. The number of ether oxygens (including phenoxy) is 1. The van der Waals surface area contributed by atoms with Crippen LogP contribution in [0.2, 0.25) is 0 Å². The second-order valence-electron chi connectivity index (χ2n) is 6.70. The van der Waals surface area contributed by atoms with Gasteiger partial charge in [0, 0.05) is 16.8 Å². The second-order valence-corrected chi connectivity index (χ2v) is 6.70. The van der Waals surface area contributed by atoms with E-state index in [4.69, 9.17) is 9.72 Å². The van der Waals surface area contributed by atoms with Crippen LogP contribution in [0.1, 0.15) is 17.2 Å². The van der Waals surface area contributed by atoms with Gasteiger partial charge in [0.1, 0.15) is 11.6 Å². The van der Waals surface area contributed by atoms with Gasteiger partial charge >= 0.3 is 0 Å². The number of rotatable bonds is 3. The molecule has 1 atom stereocenters. The topological polar surface area (TPSA) is 39.1 Å². The average molecular weight is 371 g/mol. The molecular weight excluding hydrogens is 353 g/mol. The van der Waals surface area contributed by atoms with Crippen LogP contribution in [0.5, 0.6) is 5.75 Å². The molecule has 1 N–H and O–H groups in total. The van der Waals surface area contributed by atoms with Crippen molar-refractivity contribution in [3.05, 3.63) is 95.8 Å². The number of hydrogen-bond acceptors (Lipinski definition) is 3. The number of hydrogen-bond donors (Lipinski definition) is 1. The van der Waals surface area contributed by atoms with Gasteiger partial charge in [0.15, 0.2) is 0 Å². The quantitative estimate of drug-likeness (QED) is 0.535. The van der Waals surface area contributed by atoms with Crippen LogP contribution < -0.4 is 10.1 Å². The summed E-state index contributed by atoms with van der Waals surface area (Å²) in [5, 5.41) is 3.41. The van der Waals surface area contributed by atoms with Crippen molar-refractivity contribution in [3.63, 3.8) is 0 Å². The summed E-state index contributed by atoms with van der Waals surface area (Å²) in [6.07, 6.45) is 2.04. The summed E-state index contributed by atoms with van der Waals surface area (Å²) in [4.78, 5) is 4.73. The van der Waals surface area contributed by atoms with E-state index in [0.717, 1.165) is 28.0 Å². The molecule has 0 saturated carbocycles. The summed E-state index contributed by atoms with van der Waals surface area (Å²) in [7, 11) is 1.64. The molecule has 5 heteroatoms. The van der Waals surface area contributed by atoms with Crippen LogP contribution in [-0.2, 0) is 0 Å². The number of para-hydroxylation sites is 2. The largest absolute Gasteiger partial charge is 0.497 e. The molecule has 0 saturated heterocycles. The molecule has 0 fully saturated rings. The van der Waals surface area contributed by atoms with Crippen molar-refractivity contribution >= 4 is 22.7 Å². The number of fused-ring (bicyclic) bond motifs is 3. The summed E-state index contributed by atoms with van der Waals surface area (Å²) in [5.41, 5.74) is 4.26. The van der Waals surface area contributed by atoms with Crippen LogP contribution in [0.15, 0.2) is 78.9 Å². The predicted molar refractivity (Wildman–Crippen MR) is 109 cm³/mol. The fraction of sp³-hybridized carbons (Fsp3) is 0.0870. The minimum atomic E-state index is -0.314. The molecule has 4 nitrogen and oxygen atoms in total. The highest BCUT2D eigenvalue weighted by Crippen LogP contribution is 2.37. The Hall–Kier alpha value is -3.60. The number of benzene rings is 3. The van der Waals surface area contributed by atoms with Gasteiger partial charge in [0.25, 0.3) is 0 Å². The fourth-order valence-electron chi connectivity index (χ4n) is 3.71. The standard InChI is InChI=1S/C23H18FN3O/c1-28-16-8-6-7-15(13-16)20-14-22(17-9-2-3-10-18(17)24)27-21-12-5-4-11-19(21)25-23(27)26-20/h2-14,22H,1H3,(H,25,26)/t22-/m0/s1. The van der Waals surface area contributed by atoms with Gasteiger partial charge in [-0.3, -0.25) is 4.57 Å². The van der Waals surface area contributed by atoms with Crippen molar-refractivity contribution in [2.75, 3.05) is 12.4 Å². The van der Waals surface area contributed by atoms with E-state index in [1.54, 1.807) is 13.2 Å². The molecule has 138 valence electrons. The number of nitrogens with one attached hydrogen (secondary N) is 1. The molecular formula is C23H18FN3O. The lowest BCUT2D eigenvalue weighted by molar-refractivity contribution is 0.414. The maximum atomic E-state index is 14.7. The van der Waals surface area contributed by atoms with Gasteiger partial charge in [0.2, 0.25) is 5.95 Å². The third-order valence-corrected chi connectivity index (χ3v) is 5.05. The molecule has 0 aliphatic carbocycles. The highest BCUT2D eigenvalue weighted by molar-refractivity contribution is 5.85. The SMILES string of the molecule is COc1cccc(C2=C[C@@H](c3ccccc3F)n3c(nc4ccccc43)N2)c1. The maximum Gasteiger partial charge on any atom is 0.209 e. The van der Waals surface area contributed by atoms with Crippen LogP contribution in [0.4, 0.5) is 10.3 Å². The van der Waals surface area contributed by atoms with Crippen molar-refractivity contribution in [2.24, 2.45) is 0 Å². The molecule has 0 spiro atoms. The number of halogens is 1. The number of allylic oxidation sites excluding steroid dienone is 1. The van der Waals surface area contributed by atoms with E-state index < -0.39 is 0 Å². The summed E-state index contributed by atoms with van der Waals surface area (Å²) in [5.74, 6) is 1.22. The lowest BCUT2D eigenvalue weighted by Gasteiger charge is -2.27. The summed E-state index contributed by atoms with van der Waals surface area (Å²) < 4.78 is 22.1. The lowest BCUT2D eigenvalue weighted by atomic mass is 10.0. The van der Waals surface area contributed by atoms with Gasteiger partial charge in [-0.15, -0.1) is 0 Å². The van der Waals surface area contributed by atoms with Crippen molar-refractivity contribution in [2.45, 2.75) is 6.04 Å². The molecule has 0 radical (unpaired) electrons. The minimum Gasteiger partial charge on any atom is -0.497 e. The summed E-state index contributed by atoms with van der Waals surface area (Å²) in [6, 6.07) is 22.3. The third-order valence-electron chi connectivity index (χ3n) is 5.05. The van der Waals surface area contributed by atoms with Crippen LogP contribution >= 0.6 is 0 Å². The first-order valence-corrected chi connectivity index (χ1v) is 9.09. The molecule has 1 aliphatic rings. The zero-order valence-corrected chi connectivity index (χ0v) is 15.3. The van der Waals surface area contributed by atoms with Crippen LogP contribution in [-0.4, -0.2) is 16.7 Å². The third kappa shape index (κ3) is 2.63. The Morgan fingerprint density at radius 3 is 2.68 bits per heavy atom. The van der Waals surface area contributed by atoms with Crippen molar-refractivity contribution in [1.29, 1.82) is 0 Å². The molecule has 3 aromatic carbocycles. The average Bonchev–Trinajstić information content (AvgIpc) is 3.12. The van der Waals surface area contributed by atoms with Gasteiger partial charge in [-0.25, -0.2) is 9.37 Å². The molecule has 1 aliphatic heterocycles. The molecule has 0 unspecified atom stereocenters. The van der Waals surface area contributed by atoms with Crippen LogP contribution in [0, 0.1) is 5.82 Å². The molecule has 1 aromatic heterocycles. The van der Waals surface area contributed by atoms with Gasteiger partial charge in [-0.05, 0) is 36.4 Å². The fourth-order valence-corrected chi connectivity index (χ4v) is 3.71. The molecule has 5 rings (SSSR count). The highest BCUT2D eigenvalue weighted by Gasteiger charge is 2.27. The van der Waals surface area contributed by atoms with E-state index in [2.05, 4.69) is 5.32 Å². The molecule has 2 heterocycles. The van der Waals surface area contributed by atoms with Crippen LogP contribution in [0.3, 0.4) is 0 Å². The molecule has 0 bridgehead atoms. The normalized spacial score (nSPS) is 15.6. The van der Waals surface area contributed by atoms with Crippen molar-refractivity contribution in [3.8, 4) is 5.75 Å². The summed E-state index contributed by atoms with van der Waals surface area (Å²) >= 11 is 0. The number of anilines is 1. The van der Waals surface area contributed by atoms with Gasteiger partial charge < -0.3 is 10.1 Å². The zero-order valence-electron chi connectivity index (χ0n) is 15.3. The Bertz CT molecular complexity index is 1210. The smallest absolute Gasteiger partial charge is 0.209 e. The first-order valence-electron chi connectivity index (χ1n) is 9.09.